The maximum atomic E-state index is 16.8. The van der Waals surface area contributed by atoms with Crippen molar-refractivity contribution in [3.63, 3.8) is 0 Å². The number of carbonyl (C=O) groups excluding carboxylic acids is 3. The van der Waals surface area contributed by atoms with E-state index in [0.717, 1.165) is 11.8 Å². The minimum atomic E-state index is -2.15. The van der Waals surface area contributed by atoms with Crippen molar-refractivity contribution in [1.29, 1.82) is 0 Å². The minimum absolute atomic E-state index is 0.0179. The van der Waals surface area contributed by atoms with Crippen LogP contribution in [0.3, 0.4) is 0 Å². The van der Waals surface area contributed by atoms with Crippen molar-refractivity contribution in [2.45, 2.75) is 57.7 Å². The molecule has 0 spiro atoms. The molecule has 1 N–H and O–H groups in total. The highest BCUT2D eigenvalue weighted by Gasteiger charge is 2.75. The molecule has 29 heavy (non-hydrogen) atoms. The number of carbonyl (C=O) groups is 3. The van der Waals surface area contributed by atoms with E-state index < -0.39 is 44.8 Å². The summed E-state index contributed by atoms with van der Waals surface area (Å²) in [7, 11) is 0. The van der Waals surface area contributed by atoms with E-state index in [4.69, 9.17) is 11.6 Å². The van der Waals surface area contributed by atoms with Gasteiger partial charge < -0.3 is 5.11 Å². The fraction of sp³-hybridized carbons (Fsp3) is 0.682. The Morgan fingerprint density at radius 2 is 2.03 bits per heavy atom. The second-order valence-corrected chi connectivity index (χ2v) is 11.1. The molecule has 7 heteroatoms. The van der Waals surface area contributed by atoms with Gasteiger partial charge in [0.2, 0.25) is 5.12 Å². The molecule has 4 aliphatic rings. The van der Waals surface area contributed by atoms with Crippen molar-refractivity contribution in [3.05, 3.63) is 23.8 Å². The van der Waals surface area contributed by atoms with Crippen molar-refractivity contribution in [2.75, 3.05) is 5.21 Å². The number of alkyl halides is 2. The first-order chi connectivity index (χ1) is 13.5. The summed E-state index contributed by atoms with van der Waals surface area (Å²) in [5, 5.41) is 11.1. The van der Waals surface area contributed by atoms with Crippen LogP contribution in [0.5, 0.6) is 0 Å². The van der Waals surface area contributed by atoms with E-state index >= 15 is 4.39 Å². The predicted molar refractivity (Wildman–Crippen MR) is 110 cm³/mol. The van der Waals surface area contributed by atoms with E-state index in [9.17, 15) is 19.5 Å². The number of rotatable bonds is 2. The summed E-state index contributed by atoms with van der Waals surface area (Å²) < 4.78 is 16.8. The zero-order chi connectivity index (χ0) is 21.4. The van der Waals surface area contributed by atoms with Crippen molar-refractivity contribution < 1.29 is 23.9 Å². The molecular weight excluding hydrogens is 415 g/mol. The molecule has 4 nitrogen and oxygen atoms in total. The smallest absolute Gasteiger partial charge is 0.222 e. The third-order valence-corrected chi connectivity index (χ3v) is 9.49. The van der Waals surface area contributed by atoms with Gasteiger partial charge in [-0.05, 0) is 50.2 Å². The highest BCUT2D eigenvalue weighted by molar-refractivity contribution is 8.14. The molecule has 0 saturated heterocycles. The highest BCUT2D eigenvalue weighted by atomic mass is 35.5. The quantitative estimate of drug-likeness (QED) is 0.657. The summed E-state index contributed by atoms with van der Waals surface area (Å²) in [4.78, 5) is 38.2. The second-order valence-electron chi connectivity index (χ2n) is 9.53. The molecule has 0 amide bonds. The van der Waals surface area contributed by atoms with Gasteiger partial charge in [-0.3, -0.25) is 14.4 Å². The van der Waals surface area contributed by atoms with Gasteiger partial charge in [0, 0.05) is 23.2 Å². The minimum Gasteiger partial charge on any atom is -0.380 e. The molecule has 4 aliphatic carbocycles. The molecule has 3 fully saturated rings. The van der Waals surface area contributed by atoms with Crippen molar-refractivity contribution in [1.82, 2.24) is 0 Å². The van der Waals surface area contributed by atoms with Gasteiger partial charge in [-0.2, -0.15) is 0 Å². The lowest BCUT2D eigenvalue weighted by molar-refractivity contribution is -0.182. The number of hydrogen-bond acceptors (Lipinski definition) is 5. The zero-order valence-electron chi connectivity index (χ0n) is 16.8. The number of allylic oxidation sites excluding steroid dienone is 4. The van der Waals surface area contributed by atoms with E-state index in [-0.39, 0.29) is 23.3 Å². The highest BCUT2D eigenvalue weighted by Crippen LogP contribution is 2.70. The largest absolute Gasteiger partial charge is 0.380 e. The van der Waals surface area contributed by atoms with Gasteiger partial charge in [-0.15, -0.1) is 11.6 Å². The lowest BCUT2D eigenvalue weighted by Gasteiger charge is -2.59. The standard InChI is InChI=1S/C22H26ClFO4S/c1-12-8-16-15-5-4-13-9-14(25)6-7-19(13,2)21(15,24)17(26)10-20(16,3)22(12,28)18(27)29-11-23/h6-7,9,12,15-16,28H,4-5,8,10-11H2,1-3H3/t12-,15-,16-,19-,20-,21-,22-/m0/s1. The fourth-order valence-electron chi connectivity index (χ4n) is 6.87. The third kappa shape index (κ3) is 2.40. The summed E-state index contributed by atoms with van der Waals surface area (Å²) in [6.45, 7) is 5.27. The third-order valence-electron chi connectivity index (χ3n) is 8.48. The monoisotopic (exact) mass is 440 g/mol. The average Bonchev–Trinajstić information content (AvgIpc) is 2.85. The molecular formula is C22H26ClFO4S. The normalized spacial score (nSPS) is 48.6. The molecule has 7 atom stereocenters. The topological polar surface area (TPSA) is 71.4 Å². The van der Waals surface area contributed by atoms with E-state index in [2.05, 4.69) is 0 Å². The van der Waals surface area contributed by atoms with Gasteiger partial charge >= 0.3 is 0 Å². The molecule has 0 aromatic heterocycles. The Kier molecular flexibility index (Phi) is 4.77. The maximum absolute atomic E-state index is 16.8. The number of Topliss-reactive ketones (excluding diaryl/α,β-unsaturated/α-hetero) is 1. The van der Waals surface area contributed by atoms with Crippen LogP contribution >= 0.6 is 23.4 Å². The molecule has 0 aromatic carbocycles. The van der Waals surface area contributed by atoms with Gasteiger partial charge in [0.1, 0.15) is 5.60 Å². The van der Waals surface area contributed by atoms with Crippen molar-refractivity contribution in [3.8, 4) is 0 Å². The Morgan fingerprint density at radius 3 is 2.69 bits per heavy atom. The summed E-state index contributed by atoms with van der Waals surface area (Å²) in [5.41, 5.74) is -5.40. The lowest BCUT2D eigenvalue weighted by atomic mass is 9.45. The molecule has 4 rings (SSSR count). The molecule has 0 radical (unpaired) electrons. The number of aliphatic hydroxyl groups is 1. The van der Waals surface area contributed by atoms with E-state index in [0.29, 0.717) is 24.8 Å². The van der Waals surface area contributed by atoms with Crippen LogP contribution in [0.2, 0.25) is 0 Å². The van der Waals surface area contributed by atoms with E-state index in [1.165, 1.54) is 12.2 Å². The van der Waals surface area contributed by atoms with Crippen LogP contribution in [0.1, 0.15) is 46.5 Å². The summed E-state index contributed by atoms with van der Waals surface area (Å²) >= 11 is 6.58. The van der Waals surface area contributed by atoms with Gasteiger partial charge in [0.05, 0.1) is 5.21 Å². The molecule has 0 bridgehead atoms. The van der Waals surface area contributed by atoms with Crippen LogP contribution < -0.4 is 0 Å². The van der Waals surface area contributed by atoms with Crippen LogP contribution in [-0.4, -0.2) is 38.3 Å². The van der Waals surface area contributed by atoms with E-state index in [1.807, 2.05) is 0 Å². The van der Waals surface area contributed by atoms with Gasteiger partial charge in [0.25, 0.3) is 0 Å². The average molecular weight is 441 g/mol. The molecule has 0 aromatic rings. The molecule has 158 valence electrons. The van der Waals surface area contributed by atoms with Gasteiger partial charge in [-0.25, -0.2) is 4.39 Å². The van der Waals surface area contributed by atoms with Crippen LogP contribution in [0.4, 0.5) is 4.39 Å². The van der Waals surface area contributed by atoms with Crippen LogP contribution in [0, 0.1) is 28.6 Å². The summed E-state index contributed by atoms with van der Waals surface area (Å²) in [5.74, 6) is -2.08. The molecule has 3 saturated carbocycles. The van der Waals surface area contributed by atoms with Crippen LogP contribution in [0.25, 0.3) is 0 Å². The van der Waals surface area contributed by atoms with Gasteiger partial charge in [-0.1, -0.05) is 37.3 Å². The lowest BCUT2D eigenvalue weighted by Crippen LogP contribution is -2.67. The number of ketones is 2. The number of halogens is 2. The molecule has 0 heterocycles. The summed E-state index contributed by atoms with van der Waals surface area (Å²) in [6, 6.07) is 0. The first-order valence-electron chi connectivity index (χ1n) is 10.1. The second kappa shape index (κ2) is 6.51. The number of fused-ring (bicyclic) bond motifs is 5. The SMILES string of the molecule is C[C@H]1C[C@H]2[C@@H]3CCC4=CC(=O)C=C[C@]4(C)[C@@]3(F)C(=O)C[C@]2(C)[C@@]1(O)C(=O)SCCl. The Labute approximate surface area is 179 Å². The zero-order valence-corrected chi connectivity index (χ0v) is 18.4. The first-order valence-corrected chi connectivity index (χ1v) is 11.6. The molecule has 0 unspecified atom stereocenters. The number of hydrogen-bond donors (Lipinski definition) is 1. The van der Waals surface area contributed by atoms with Gasteiger partial charge in [0.15, 0.2) is 17.2 Å². The Balaban J connectivity index is 1.82. The number of thioether (sulfide) groups is 1. The Morgan fingerprint density at radius 1 is 1.34 bits per heavy atom. The fourth-order valence-corrected chi connectivity index (χ4v) is 7.92. The summed E-state index contributed by atoms with van der Waals surface area (Å²) in [6.07, 6.45) is 5.59. The first kappa shape index (κ1) is 21.3. The Bertz CT molecular complexity index is 871. The Hall–Kier alpha value is -0.980. The predicted octanol–water partition coefficient (Wildman–Crippen LogP) is 4.00. The van der Waals surface area contributed by atoms with Crippen molar-refractivity contribution >= 4 is 40.0 Å². The van der Waals surface area contributed by atoms with Crippen LogP contribution in [0.15, 0.2) is 23.8 Å². The van der Waals surface area contributed by atoms with Crippen LogP contribution in [-0.2, 0) is 14.4 Å². The molecule has 0 aliphatic heterocycles. The van der Waals surface area contributed by atoms with E-state index in [1.54, 1.807) is 26.8 Å². The maximum Gasteiger partial charge on any atom is 0.222 e. The van der Waals surface area contributed by atoms with Crippen molar-refractivity contribution in [2.24, 2.45) is 28.6 Å².